The number of amides is 1. The van der Waals surface area contributed by atoms with Crippen LogP contribution in [0.25, 0.3) is 5.69 Å². The quantitative estimate of drug-likeness (QED) is 0.217. The zero-order chi connectivity index (χ0) is 22.5. The summed E-state index contributed by atoms with van der Waals surface area (Å²) in [7, 11) is 1.83. The van der Waals surface area contributed by atoms with Gasteiger partial charge < -0.3 is 4.90 Å². The van der Waals surface area contributed by atoms with Crippen LogP contribution in [0.5, 0.6) is 0 Å². The van der Waals surface area contributed by atoms with Crippen molar-refractivity contribution in [2.75, 3.05) is 7.05 Å². The highest BCUT2D eigenvalue weighted by Gasteiger charge is 2.19. The van der Waals surface area contributed by atoms with Crippen molar-refractivity contribution >= 4 is 41.2 Å². The van der Waals surface area contributed by atoms with Crippen LogP contribution in [0.1, 0.15) is 34.5 Å². The third-order valence-electron chi connectivity index (χ3n) is 5.28. The lowest BCUT2D eigenvalue weighted by Gasteiger charge is -2.25. The summed E-state index contributed by atoms with van der Waals surface area (Å²) >= 11 is 8.71. The molecule has 0 saturated heterocycles. The van der Waals surface area contributed by atoms with Crippen LogP contribution >= 0.6 is 35.3 Å². The zero-order valence-corrected chi connectivity index (χ0v) is 20.3. The van der Waals surface area contributed by atoms with Gasteiger partial charge in [0.25, 0.3) is 5.91 Å². The Labute approximate surface area is 201 Å². The highest BCUT2D eigenvalue weighted by molar-refractivity contribution is 8.00. The number of hydrogen-bond acceptors (Lipinski definition) is 5. The maximum atomic E-state index is 13.0. The average Bonchev–Trinajstić information content (AvgIpc) is 3.23. The number of benzene rings is 3. The molecule has 1 unspecified atom stereocenters. The molecule has 0 saturated carbocycles. The first-order chi connectivity index (χ1) is 15.5. The number of hydrogen-bond donors (Lipinski definition) is 0. The van der Waals surface area contributed by atoms with Crippen LogP contribution < -0.4 is 0 Å². The number of rotatable bonds is 7. The van der Waals surface area contributed by atoms with Crippen molar-refractivity contribution in [1.29, 1.82) is 0 Å². The Balaban J connectivity index is 1.46. The summed E-state index contributed by atoms with van der Waals surface area (Å²) in [4.78, 5) is 14.7. The van der Waals surface area contributed by atoms with Crippen molar-refractivity contribution in [2.24, 2.45) is 0 Å². The SMILES string of the molecule is CC(c1ccccc1)N(C)C(=O)c1ccc(-n2nc(SCc3ccccc3)sc2=S)cc1. The summed E-state index contributed by atoms with van der Waals surface area (Å²) in [6, 6.07) is 27.8. The molecule has 0 spiro atoms. The van der Waals surface area contributed by atoms with Gasteiger partial charge in [0.1, 0.15) is 0 Å². The molecule has 162 valence electrons. The number of carbonyl (C=O) groups is 1. The van der Waals surface area contributed by atoms with Gasteiger partial charge >= 0.3 is 0 Å². The Morgan fingerprint density at radius 3 is 2.31 bits per heavy atom. The van der Waals surface area contributed by atoms with Gasteiger partial charge in [0.15, 0.2) is 8.29 Å². The molecule has 0 aliphatic carbocycles. The van der Waals surface area contributed by atoms with Crippen molar-refractivity contribution in [3.05, 3.63) is 106 Å². The molecule has 4 nitrogen and oxygen atoms in total. The van der Waals surface area contributed by atoms with Crippen molar-refractivity contribution < 1.29 is 4.79 Å². The first-order valence-corrected chi connectivity index (χ1v) is 12.4. The maximum absolute atomic E-state index is 13.0. The summed E-state index contributed by atoms with van der Waals surface area (Å²) in [5, 5.41) is 4.67. The Morgan fingerprint density at radius 1 is 1.03 bits per heavy atom. The van der Waals surface area contributed by atoms with E-state index in [1.165, 1.54) is 16.9 Å². The zero-order valence-electron chi connectivity index (χ0n) is 17.8. The van der Waals surface area contributed by atoms with Crippen molar-refractivity contribution in [1.82, 2.24) is 14.7 Å². The minimum Gasteiger partial charge on any atom is -0.335 e. The molecular formula is C25H23N3OS3. The number of nitrogens with zero attached hydrogens (tertiary/aromatic N) is 3. The Kier molecular flexibility index (Phi) is 7.19. The number of carbonyl (C=O) groups excluding carboxylic acids is 1. The monoisotopic (exact) mass is 477 g/mol. The first kappa shape index (κ1) is 22.5. The summed E-state index contributed by atoms with van der Waals surface area (Å²) in [6.07, 6.45) is 0. The van der Waals surface area contributed by atoms with Gasteiger partial charge in [-0.3, -0.25) is 4.79 Å². The topological polar surface area (TPSA) is 38.1 Å². The Bertz CT molecular complexity index is 1230. The fourth-order valence-electron chi connectivity index (χ4n) is 3.28. The predicted molar refractivity (Wildman–Crippen MR) is 135 cm³/mol. The van der Waals surface area contributed by atoms with Crippen molar-refractivity contribution in [3.63, 3.8) is 0 Å². The van der Waals surface area contributed by atoms with E-state index in [0.717, 1.165) is 21.3 Å². The maximum Gasteiger partial charge on any atom is 0.254 e. The van der Waals surface area contributed by atoms with Gasteiger partial charge in [-0.15, -0.1) is 5.10 Å². The molecule has 32 heavy (non-hydrogen) atoms. The van der Waals surface area contributed by atoms with E-state index in [9.17, 15) is 4.79 Å². The fraction of sp³-hybridized carbons (Fsp3) is 0.160. The lowest BCUT2D eigenvalue weighted by molar-refractivity contribution is 0.0742. The molecule has 0 aliphatic heterocycles. The highest BCUT2D eigenvalue weighted by atomic mass is 32.2. The fourth-order valence-corrected chi connectivity index (χ4v) is 5.60. The number of thioether (sulfide) groups is 1. The Hall–Kier alpha value is -2.74. The largest absolute Gasteiger partial charge is 0.335 e. The van der Waals surface area contributed by atoms with Crippen LogP contribution in [0.15, 0.2) is 89.3 Å². The van der Waals surface area contributed by atoms with E-state index < -0.39 is 0 Å². The first-order valence-electron chi connectivity index (χ1n) is 10.2. The molecule has 3 aromatic carbocycles. The van der Waals surface area contributed by atoms with Crippen molar-refractivity contribution in [2.45, 2.75) is 23.1 Å². The van der Waals surface area contributed by atoms with Gasteiger partial charge in [0.2, 0.25) is 0 Å². The number of aromatic nitrogens is 2. The molecule has 0 radical (unpaired) electrons. The van der Waals surface area contributed by atoms with E-state index in [0.29, 0.717) is 9.52 Å². The predicted octanol–water partition coefficient (Wildman–Crippen LogP) is 6.79. The van der Waals surface area contributed by atoms with Crippen LogP contribution in [0.4, 0.5) is 0 Å². The van der Waals surface area contributed by atoms with Crippen LogP contribution in [-0.2, 0) is 5.75 Å². The van der Waals surface area contributed by atoms with Gasteiger partial charge in [-0.1, -0.05) is 83.8 Å². The molecule has 1 aromatic heterocycles. The van der Waals surface area contributed by atoms with Gasteiger partial charge in [-0.2, -0.15) is 0 Å². The van der Waals surface area contributed by atoms with Gasteiger partial charge in [-0.05, 0) is 54.5 Å². The van der Waals surface area contributed by atoms with E-state index in [1.54, 1.807) is 21.3 Å². The van der Waals surface area contributed by atoms with E-state index in [4.69, 9.17) is 12.2 Å². The summed E-state index contributed by atoms with van der Waals surface area (Å²) < 4.78 is 3.38. The summed E-state index contributed by atoms with van der Waals surface area (Å²) in [6.45, 7) is 2.03. The van der Waals surface area contributed by atoms with E-state index >= 15 is 0 Å². The molecule has 0 bridgehead atoms. The lowest BCUT2D eigenvalue weighted by Crippen LogP contribution is -2.29. The van der Waals surface area contributed by atoms with Gasteiger partial charge in [-0.25, -0.2) is 4.68 Å². The standard InChI is InChI=1S/C25H23N3OS3/c1-18(20-11-7-4-8-12-20)27(2)23(29)21-13-15-22(16-14-21)28-25(30)32-24(26-28)31-17-19-9-5-3-6-10-19/h3-16,18H,17H2,1-2H3. The molecule has 1 amide bonds. The van der Waals surface area contributed by atoms with Crippen LogP contribution in [0.3, 0.4) is 0 Å². The second-order valence-corrected chi connectivity index (χ2v) is 10.2. The molecule has 0 fully saturated rings. The molecule has 7 heteroatoms. The summed E-state index contributed by atoms with van der Waals surface area (Å²) in [5.41, 5.74) is 3.85. The third kappa shape index (κ3) is 5.18. The van der Waals surface area contributed by atoms with Gasteiger partial charge in [0, 0.05) is 18.4 Å². The van der Waals surface area contributed by atoms with E-state index in [1.807, 2.05) is 86.8 Å². The molecular weight excluding hydrogens is 454 g/mol. The second kappa shape index (κ2) is 10.3. The molecule has 1 heterocycles. The normalized spacial score (nSPS) is 11.8. The van der Waals surface area contributed by atoms with Crippen LogP contribution in [0.2, 0.25) is 0 Å². The van der Waals surface area contributed by atoms with E-state index in [-0.39, 0.29) is 11.9 Å². The summed E-state index contributed by atoms with van der Waals surface area (Å²) in [5.74, 6) is 0.830. The molecule has 1 atom stereocenters. The highest BCUT2D eigenvalue weighted by Crippen LogP contribution is 2.27. The molecule has 0 aliphatic rings. The van der Waals surface area contributed by atoms with Crippen molar-refractivity contribution in [3.8, 4) is 5.69 Å². The van der Waals surface area contributed by atoms with E-state index in [2.05, 4.69) is 17.2 Å². The minimum atomic E-state index is -0.0196. The second-order valence-electron chi connectivity index (χ2n) is 7.37. The molecule has 0 N–H and O–H groups in total. The Morgan fingerprint density at radius 2 is 1.66 bits per heavy atom. The van der Waals surface area contributed by atoms with Gasteiger partial charge in [0.05, 0.1) is 11.7 Å². The van der Waals surface area contributed by atoms with Crippen LogP contribution in [0, 0.1) is 3.95 Å². The average molecular weight is 478 g/mol. The molecule has 4 rings (SSSR count). The lowest BCUT2D eigenvalue weighted by atomic mass is 10.1. The molecule has 4 aromatic rings. The third-order valence-corrected chi connectivity index (χ3v) is 7.71. The smallest absolute Gasteiger partial charge is 0.254 e. The van der Waals surface area contributed by atoms with Crippen LogP contribution in [-0.4, -0.2) is 27.6 Å². The minimum absolute atomic E-state index is 0.0141.